The molecule has 0 radical (unpaired) electrons. The number of nitrogens with one attached hydrogen (secondary N) is 1. The van der Waals surface area contributed by atoms with Gasteiger partial charge in [-0.25, -0.2) is 14.8 Å². The summed E-state index contributed by atoms with van der Waals surface area (Å²) in [4.78, 5) is 37.5. The van der Waals surface area contributed by atoms with Crippen molar-refractivity contribution >= 4 is 23.6 Å². The van der Waals surface area contributed by atoms with E-state index in [2.05, 4.69) is 5.32 Å². The molecule has 0 bridgehead atoms. The second-order valence-corrected chi connectivity index (χ2v) is 9.06. The van der Waals surface area contributed by atoms with Gasteiger partial charge < -0.3 is 10.1 Å². The van der Waals surface area contributed by atoms with E-state index in [0.29, 0.717) is 30.8 Å². The normalized spacial score (nSPS) is 13.1. The first kappa shape index (κ1) is 23.3. The van der Waals surface area contributed by atoms with Crippen molar-refractivity contribution in [2.45, 2.75) is 60.1 Å². The van der Waals surface area contributed by atoms with E-state index in [0.717, 1.165) is 22.3 Å². The fraction of sp³-hybridized carbons (Fsp3) is 0.400. The molecule has 0 unspecified atom stereocenters. The minimum atomic E-state index is -0.652. The number of hydrogen-bond donors (Lipinski definition) is 1. The highest BCUT2D eigenvalue weighted by molar-refractivity contribution is 6.01. The molecule has 0 spiro atoms. The molecule has 1 heterocycles. The number of benzene rings is 2. The molecule has 2 aromatic rings. The first-order valence-electron chi connectivity index (χ1n) is 10.8. The Labute approximate surface area is 189 Å². The van der Waals surface area contributed by atoms with Crippen LogP contribution in [0.4, 0.5) is 10.5 Å². The third kappa shape index (κ3) is 5.10. The minimum absolute atomic E-state index is 0.133. The summed E-state index contributed by atoms with van der Waals surface area (Å²) in [6.45, 7) is 11.4. The first-order chi connectivity index (χ1) is 15.0. The molecule has 0 fully saturated rings. The number of amides is 3. The summed E-state index contributed by atoms with van der Waals surface area (Å²) in [5.41, 5.74) is 4.27. The fourth-order valence-corrected chi connectivity index (χ4v) is 3.83. The number of aryl methyl sites for hydroxylation is 1. The molecular weight excluding hydrogens is 406 g/mol. The van der Waals surface area contributed by atoms with Crippen molar-refractivity contribution in [3.8, 4) is 11.1 Å². The van der Waals surface area contributed by atoms with E-state index in [1.807, 2.05) is 50.2 Å². The molecule has 7 heteroatoms. The summed E-state index contributed by atoms with van der Waals surface area (Å²) < 4.78 is 5.54. The van der Waals surface area contributed by atoms with Crippen LogP contribution >= 0.6 is 0 Å². The Kier molecular flexibility index (Phi) is 6.57. The standard InChI is InChI=1S/C25H31N3O4/c1-7-11-27(24(31)32-25(4,5)6)28-15-20-13-19(12-16(2)22(20)23(28)30)18-9-8-10-21(14-18)26-17(3)29/h8-10,12-14H,7,11,15H2,1-6H3,(H,26,29). The molecule has 7 nitrogen and oxygen atoms in total. The van der Waals surface area contributed by atoms with E-state index in [4.69, 9.17) is 4.74 Å². The van der Waals surface area contributed by atoms with Crippen LogP contribution in [0.15, 0.2) is 36.4 Å². The Morgan fingerprint density at radius 3 is 2.50 bits per heavy atom. The molecule has 3 rings (SSSR count). The van der Waals surface area contributed by atoms with E-state index in [-0.39, 0.29) is 11.8 Å². The maximum absolute atomic E-state index is 13.3. The Hall–Kier alpha value is -3.35. The van der Waals surface area contributed by atoms with Gasteiger partial charge in [0.15, 0.2) is 0 Å². The summed E-state index contributed by atoms with van der Waals surface area (Å²) in [5, 5.41) is 5.68. The van der Waals surface area contributed by atoms with Crippen LogP contribution in [0.5, 0.6) is 0 Å². The second-order valence-electron chi connectivity index (χ2n) is 9.06. The quantitative estimate of drug-likeness (QED) is 0.703. The van der Waals surface area contributed by atoms with Gasteiger partial charge >= 0.3 is 6.09 Å². The zero-order chi connectivity index (χ0) is 23.6. The molecule has 0 saturated heterocycles. The number of hydrazine groups is 1. The summed E-state index contributed by atoms with van der Waals surface area (Å²) in [6.07, 6.45) is 0.167. The van der Waals surface area contributed by atoms with Gasteiger partial charge in [-0.1, -0.05) is 25.1 Å². The molecule has 0 saturated carbocycles. The maximum Gasteiger partial charge on any atom is 0.429 e. The molecule has 1 aliphatic rings. The van der Waals surface area contributed by atoms with E-state index >= 15 is 0 Å². The first-order valence-corrected chi connectivity index (χ1v) is 10.8. The number of nitrogens with zero attached hydrogens (tertiary/aromatic N) is 2. The molecule has 1 aliphatic heterocycles. The van der Waals surface area contributed by atoms with Gasteiger partial charge in [0.25, 0.3) is 5.91 Å². The number of carbonyl (C=O) groups excluding carboxylic acids is 3. The van der Waals surface area contributed by atoms with Crippen LogP contribution in [0.2, 0.25) is 0 Å². The smallest absolute Gasteiger partial charge is 0.429 e. The van der Waals surface area contributed by atoms with Crippen molar-refractivity contribution in [1.29, 1.82) is 0 Å². The summed E-state index contributed by atoms with van der Waals surface area (Å²) in [6, 6.07) is 11.5. The Balaban J connectivity index is 1.93. The number of carbonyl (C=O) groups is 3. The SMILES string of the molecule is CCCN(C(=O)OC(C)(C)C)N1Cc2cc(-c3cccc(NC(C)=O)c3)cc(C)c2C1=O. The van der Waals surface area contributed by atoms with Gasteiger partial charge in [-0.05, 0) is 74.6 Å². The fourth-order valence-electron chi connectivity index (χ4n) is 3.83. The van der Waals surface area contributed by atoms with Crippen LogP contribution in [0.25, 0.3) is 11.1 Å². The van der Waals surface area contributed by atoms with Crippen molar-refractivity contribution in [2.24, 2.45) is 0 Å². The van der Waals surface area contributed by atoms with E-state index in [9.17, 15) is 14.4 Å². The predicted octanol–water partition coefficient (Wildman–Crippen LogP) is 5.14. The molecule has 32 heavy (non-hydrogen) atoms. The third-order valence-corrected chi connectivity index (χ3v) is 5.03. The molecule has 0 aliphatic carbocycles. The second kappa shape index (κ2) is 9.02. The lowest BCUT2D eigenvalue weighted by molar-refractivity contribution is -0.114. The number of rotatable bonds is 5. The summed E-state index contributed by atoms with van der Waals surface area (Å²) in [5.74, 6) is -0.331. The number of fused-ring (bicyclic) bond motifs is 1. The summed E-state index contributed by atoms with van der Waals surface area (Å²) >= 11 is 0. The molecule has 170 valence electrons. The van der Waals surface area contributed by atoms with Crippen molar-refractivity contribution in [3.05, 3.63) is 53.1 Å². The molecule has 3 amide bonds. The molecule has 0 aromatic heterocycles. The van der Waals surface area contributed by atoms with E-state index in [1.165, 1.54) is 16.9 Å². The van der Waals surface area contributed by atoms with Gasteiger partial charge in [-0.2, -0.15) is 0 Å². The van der Waals surface area contributed by atoms with Crippen LogP contribution in [0.3, 0.4) is 0 Å². The Morgan fingerprint density at radius 1 is 1.16 bits per heavy atom. The van der Waals surface area contributed by atoms with Crippen molar-refractivity contribution in [1.82, 2.24) is 10.0 Å². The van der Waals surface area contributed by atoms with Crippen molar-refractivity contribution < 1.29 is 19.1 Å². The lowest BCUT2D eigenvalue weighted by atomic mass is 9.96. The van der Waals surface area contributed by atoms with Gasteiger partial charge in [0, 0.05) is 24.7 Å². The van der Waals surface area contributed by atoms with Gasteiger partial charge in [0.1, 0.15) is 5.60 Å². The largest absolute Gasteiger partial charge is 0.442 e. The zero-order valence-corrected chi connectivity index (χ0v) is 19.6. The molecular formula is C25H31N3O4. The lowest BCUT2D eigenvalue weighted by Gasteiger charge is -2.33. The molecule has 1 N–H and O–H groups in total. The predicted molar refractivity (Wildman–Crippen MR) is 124 cm³/mol. The van der Waals surface area contributed by atoms with Gasteiger partial charge in [-0.15, -0.1) is 0 Å². The highest BCUT2D eigenvalue weighted by Crippen LogP contribution is 2.33. The third-order valence-electron chi connectivity index (χ3n) is 5.03. The van der Waals surface area contributed by atoms with E-state index < -0.39 is 11.7 Å². The highest BCUT2D eigenvalue weighted by Gasteiger charge is 2.37. The van der Waals surface area contributed by atoms with Crippen LogP contribution in [0.1, 0.15) is 62.5 Å². The van der Waals surface area contributed by atoms with Crippen LogP contribution < -0.4 is 5.32 Å². The van der Waals surface area contributed by atoms with Crippen LogP contribution in [0, 0.1) is 6.92 Å². The van der Waals surface area contributed by atoms with Crippen molar-refractivity contribution in [3.63, 3.8) is 0 Å². The highest BCUT2D eigenvalue weighted by atomic mass is 16.6. The van der Waals surface area contributed by atoms with Crippen LogP contribution in [-0.2, 0) is 16.1 Å². The van der Waals surface area contributed by atoms with Gasteiger partial charge in [0.05, 0.1) is 6.54 Å². The Bertz CT molecular complexity index is 1060. The number of ether oxygens (including phenoxy) is 1. The maximum atomic E-state index is 13.3. The monoisotopic (exact) mass is 437 g/mol. The Morgan fingerprint density at radius 2 is 1.88 bits per heavy atom. The average molecular weight is 438 g/mol. The van der Waals surface area contributed by atoms with Gasteiger partial charge in [0.2, 0.25) is 5.91 Å². The summed E-state index contributed by atoms with van der Waals surface area (Å²) in [7, 11) is 0. The average Bonchev–Trinajstić information content (AvgIpc) is 3.01. The lowest BCUT2D eigenvalue weighted by Crippen LogP contribution is -2.49. The topological polar surface area (TPSA) is 79.0 Å². The molecule has 2 aromatic carbocycles. The molecule has 0 atom stereocenters. The number of anilines is 1. The number of hydrogen-bond acceptors (Lipinski definition) is 4. The van der Waals surface area contributed by atoms with Crippen molar-refractivity contribution in [2.75, 3.05) is 11.9 Å². The van der Waals surface area contributed by atoms with Gasteiger partial charge in [-0.3, -0.25) is 9.59 Å². The van der Waals surface area contributed by atoms with Crippen LogP contribution in [-0.4, -0.2) is 40.1 Å². The minimum Gasteiger partial charge on any atom is -0.442 e. The van der Waals surface area contributed by atoms with E-state index in [1.54, 1.807) is 20.8 Å². The zero-order valence-electron chi connectivity index (χ0n) is 19.6.